The van der Waals surface area contributed by atoms with Crippen LogP contribution in [0.4, 0.5) is 0 Å². The van der Waals surface area contributed by atoms with Crippen LogP contribution in [0.1, 0.15) is 18.4 Å². The van der Waals surface area contributed by atoms with Gasteiger partial charge in [-0.1, -0.05) is 29.8 Å². The fourth-order valence-corrected chi connectivity index (χ4v) is 2.35. The van der Waals surface area contributed by atoms with E-state index in [1.807, 2.05) is 0 Å². The van der Waals surface area contributed by atoms with Crippen molar-refractivity contribution in [1.29, 1.82) is 0 Å². The number of carbonyl (C=O) groups excluding carboxylic acids is 2. The molecular weight excluding hydrogens is 270 g/mol. The van der Waals surface area contributed by atoms with E-state index in [9.17, 15) is 14.4 Å². The highest BCUT2D eigenvalue weighted by molar-refractivity contribution is 6.35. The Balaban J connectivity index is 2.21. The molecule has 1 aromatic carbocycles. The van der Waals surface area contributed by atoms with E-state index in [-0.39, 0.29) is 25.3 Å². The molecule has 2 rings (SSSR count). The number of halogens is 1. The van der Waals surface area contributed by atoms with Gasteiger partial charge in [-0.05, 0) is 18.1 Å². The molecule has 1 aliphatic heterocycles. The number of rotatable bonds is 4. The fourth-order valence-electron chi connectivity index (χ4n) is 2.16. The van der Waals surface area contributed by atoms with Gasteiger partial charge in [0, 0.05) is 18.0 Å². The topological polar surface area (TPSA) is 74.7 Å². The number of carboxylic acids is 1. The lowest BCUT2D eigenvalue weighted by Gasteiger charge is -2.23. The molecule has 100 valence electrons. The second-order valence-electron chi connectivity index (χ2n) is 4.34. The molecule has 5 nitrogen and oxygen atoms in total. The Kier molecular flexibility index (Phi) is 3.85. The minimum absolute atomic E-state index is 0.155. The normalized spacial score (nSPS) is 18.7. The third kappa shape index (κ3) is 2.76. The number of likely N-dealkylation sites (tertiary alicyclic amines) is 1. The molecule has 0 saturated carbocycles. The molecule has 1 saturated heterocycles. The van der Waals surface area contributed by atoms with Crippen molar-refractivity contribution >= 4 is 29.3 Å². The van der Waals surface area contributed by atoms with Crippen LogP contribution in [0.25, 0.3) is 0 Å². The third-order valence-electron chi connectivity index (χ3n) is 3.14. The first kappa shape index (κ1) is 13.5. The molecule has 0 aromatic heterocycles. The van der Waals surface area contributed by atoms with Crippen LogP contribution in [0.2, 0.25) is 5.02 Å². The Morgan fingerprint density at radius 3 is 2.68 bits per heavy atom. The first-order valence-electron chi connectivity index (χ1n) is 5.80. The number of nitrogens with zero attached hydrogens (tertiary/aromatic N) is 1. The van der Waals surface area contributed by atoms with Crippen molar-refractivity contribution in [2.45, 2.75) is 25.4 Å². The van der Waals surface area contributed by atoms with Crippen molar-refractivity contribution in [3.8, 4) is 0 Å². The fraction of sp³-hybridized carbons (Fsp3) is 0.308. The van der Waals surface area contributed by atoms with Crippen molar-refractivity contribution < 1.29 is 19.5 Å². The minimum Gasteiger partial charge on any atom is -0.475 e. The predicted octanol–water partition coefficient (Wildman–Crippen LogP) is 1.48. The van der Waals surface area contributed by atoms with E-state index in [4.69, 9.17) is 16.7 Å². The number of Topliss-reactive ketones (excluding diaryl/α,β-unsaturated/α-hetero) is 1. The number of carboxylic acid groups (broad SMARTS) is 1. The Bertz CT molecular complexity index is 543. The summed E-state index contributed by atoms with van der Waals surface area (Å²) in [4.78, 5) is 35.3. The summed E-state index contributed by atoms with van der Waals surface area (Å²) in [6, 6.07) is 6.08. The number of ketones is 1. The zero-order valence-electron chi connectivity index (χ0n) is 10.0. The van der Waals surface area contributed by atoms with Gasteiger partial charge in [-0.3, -0.25) is 9.59 Å². The number of hydrogen-bond acceptors (Lipinski definition) is 3. The van der Waals surface area contributed by atoms with E-state index in [1.54, 1.807) is 24.3 Å². The number of carbonyl (C=O) groups is 3. The molecule has 1 atom stereocenters. The lowest BCUT2D eigenvalue weighted by molar-refractivity contribution is -0.152. The molecule has 1 aliphatic rings. The van der Waals surface area contributed by atoms with Crippen LogP contribution in [0, 0.1) is 0 Å². The Morgan fingerprint density at radius 2 is 2.05 bits per heavy atom. The van der Waals surface area contributed by atoms with E-state index < -0.39 is 17.8 Å². The average Bonchev–Trinajstić information content (AvgIpc) is 2.73. The van der Waals surface area contributed by atoms with Crippen LogP contribution in [0.5, 0.6) is 0 Å². The molecular formula is C13H12ClNO4. The van der Waals surface area contributed by atoms with Gasteiger partial charge in [0.2, 0.25) is 5.91 Å². The van der Waals surface area contributed by atoms with Gasteiger partial charge >= 0.3 is 5.97 Å². The molecule has 1 heterocycles. The maximum atomic E-state index is 11.8. The quantitative estimate of drug-likeness (QED) is 0.849. The SMILES string of the molecule is O=C(O)C(=O)C1CCC(=O)N1Cc1ccccc1Cl. The van der Waals surface area contributed by atoms with Gasteiger partial charge in [0.1, 0.15) is 6.04 Å². The van der Waals surface area contributed by atoms with E-state index in [1.165, 1.54) is 4.90 Å². The summed E-state index contributed by atoms with van der Waals surface area (Å²) in [6.07, 6.45) is 0.433. The largest absolute Gasteiger partial charge is 0.475 e. The van der Waals surface area contributed by atoms with Crippen LogP contribution in [0.15, 0.2) is 24.3 Å². The van der Waals surface area contributed by atoms with E-state index in [0.29, 0.717) is 10.6 Å². The Morgan fingerprint density at radius 1 is 1.37 bits per heavy atom. The monoisotopic (exact) mass is 281 g/mol. The van der Waals surface area contributed by atoms with Crippen molar-refractivity contribution in [2.24, 2.45) is 0 Å². The summed E-state index contributed by atoms with van der Waals surface area (Å²) in [5.41, 5.74) is 0.697. The minimum atomic E-state index is -1.51. The molecule has 6 heteroatoms. The number of amides is 1. The van der Waals surface area contributed by atoms with Gasteiger partial charge < -0.3 is 10.0 Å². The van der Waals surface area contributed by atoms with Crippen molar-refractivity contribution in [1.82, 2.24) is 4.90 Å². The molecule has 1 fully saturated rings. The Labute approximate surface area is 114 Å². The summed E-state index contributed by atoms with van der Waals surface area (Å²) in [5, 5.41) is 9.24. The van der Waals surface area contributed by atoms with Gasteiger partial charge in [0.15, 0.2) is 0 Å². The first-order valence-corrected chi connectivity index (χ1v) is 6.18. The first-order chi connectivity index (χ1) is 9.00. The third-order valence-corrected chi connectivity index (χ3v) is 3.51. The standard InChI is InChI=1S/C13H12ClNO4/c14-9-4-2-1-3-8(9)7-15-10(5-6-11(15)16)12(17)13(18)19/h1-4,10H,5-7H2,(H,18,19). The number of benzene rings is 1. The zero-order chi connectivity index (χ0) is 14.0. The maximum absolute atomic E-state index is 11.8. The van der Waals surface area contributed by atoms with Crippen LogP contribution >= 0.6 is 11.6 Å². The van der Waals surface area contributed by atoms with Gasteiger partial charge in [-0.15, -0.1) is 0 Å². The highest BCUT2D eigenvalue weighted by atomic mass is 35.5. The van der Waals surface area contributed by atoms with Gasteiger partial charge in [-0.25, -0.2) is 4.79 Å². The molecule has 0 aliphatic carbocycles. The molecule has 1 amide bonds. The van der Waals surface area contributed by atoms with Crippen molar-refractivity contribution in [3.05, 3.63) is 34.9 Å². The van der Waals surface area contributed by atoms with Crippen LogP contribution < -0.4 is 0 Å². The molecule has 1 N–H and O–H groups in total. The smallest absolute Gasteiger partial charge is 0.374 e. The van der Waals surface area contributed by atoms with Crippen LogP contribution in [-0.2, 0) is 20.9 Å². The summed E-state index contributed by atoms with van der Waals surface area (Å²) in [6.45, 7) is 0.155. The summed E-state index contributed by atoms with van der Waals surface area (Å²) < 4.78 is 0. The highest BCUT2D eigenvalue weighted by Crippen LogP contribution is 2.25. The van der Waals surface area contributed by atoms with E-state index >= 15 is 0 Å². The molecule has 0 bridgehead atoms. The second-order valence-corrected chi connectivity index (χ2v) is 4.74. The summed E-state index contributed by atoms with van der Waals surface area (Å²) in [5.74, 6) is -2.68. The average molecular weight is 282 g/mol. The summed E-state index contributed by atoms with van der Waals surface area (Å²) in [7, 11) is 0. The molecule has 19 heavy (non-hydrogen) atoms. The van der Waals surface area contributed by atoms with E-state index in [0.717, 1.165) is 0 Å². The second kappa shape index (κ2) is 5.40. The van der Waals surface area contributed by atoms with Crippen molar-refractivity contribution in [3.63, 3.8) is 0 Å². The zero-order valence-corrected chi connectivity index (χ0v) is 10.8. The van der Waals surface area contributed by atoms with Crippen LogP contribution in [-0.4, -0.2) is 33.7 Å². The molecule has 1 aromatic rings. The Hall–Kier alpha value is -1.88. The number of hydrogen-bond donors (Lipinski definition) is 1. The highest BCUT2D eigenvalue weighted by Gasteiger charge is 2.38. The molecule has 0 radical (unpaired) electrons. The summed E-state index contributed by atoms with van der Waals surface area (Å²) >= 11 is 6.00. The predicted molar refractivity (Wildman–Crippen MR) is 67.7 cm³/mol. The van der Waals surface area contributed by atoms with Crippen molar-refractivity contribution in [2.75, 3.05) is 0 Å². The van der Waals surface area contributed by atoms with Gasteiger partial charge in [0.25, 0.3) is 5.78 Å². The van der Waals surface area contributed by atoms with E-state index in [2.05, 4.69) is 0 Å². The lowest BCUT2D eigenvalue weighted by Crippen LogP contribution is -2.41. The number of aliphatic carboxylic acids is 1. The molecule has 1 unspecified atom stereocenters. The van der Waals surface area contributed by atoms with Gasteiger partial charge in [-0.2, -0.15) is 0 Å². The molecule has 0 spiro atoms. The maximum Gasteiger partial charge on any atom is 0.374 e. The van der Waals surface area contributed by atoms with Crippen LogP contribution in [0.3, 0.4) is 0 Å². The lowest BCUT2D eigenvalue weighted by atomic mass is 10.1. The van der Waals surface area contributed by atoms with Gasteiger partial charge in [0.05, 0.1) is 0 Å².